The zero-order chi connectivity index (χ0) is 14.5. The standard InChI is InChI=1S/C13H17F4NO/c1-2-11(18)12(19-8-7-13(15,16)17)9-3-5-10(14)6-4-9/h3-6,11-12H,2,7-8,18H2,1H3. The number of halogens is 4. The molecule has 0 aliphatic heterocycles. The van der Waals surface area contributed by atoms with Crippen molar-refractivity contribution in [1.82, 2.24) is 0 Å². The highest BCUT2D eigenvalue weighted by Crippen LogP contribution is 2.25. The fraction of sp³-hybridized carbons (Fsp3) is 0.538. The van der Waals surface area contributed by atoms with E-state index < -0.39 is 37.2 Å². The zero-order valence-corrected chi connectivity index (χ0v) is 10.6. The number of ether oxygens (including phenoxy) is 1. The molecule has 0 fully saturated rings. The fourth-order valence-corrected chi connectivity index (χ4v) is 1.64. The van der Waals surface area contributed by atoms with Crippen molar-refractivity contribution in [3.63, 3.8) is 0 Å². The van der Waals surface area contributed by atoms with Crippen molar-refractivity contribution in [3.05, 3.63) is 35.6 Å². The molecule has 0 aromatic heterocycles. The number of benzene rings is 1. The van der Waals surface area contributed by atoms with Gasteiger partial charge in [-0.05, 0) is 24.1 Å². The lowest BCUT2D eigenvalue weighted by molar-refractivity contribution is -0.150. The third-order valence-electron chi connectivity index (χ3n) is 2.74. The van der Waals surface area contributed by atoms with Crippen LogP contribution in [0.4, 0.5) is 17.6 Å². The van der Waals surface area contributed by atoms with Crippen LogP contribution >= 0.6 is 0 Å². The third kappa shape index (κ3) is 5.57. The van der Waals surface area contributed by atoms with Gasteiger partial charge in [-0.2, -0.15) is 13.2 Å². The third-order valence-corrected chi connectivity index (χ3v) is 2.74. The van der Waals surface area contributed by atoms with Crippen LogP contribution in [-0.4, -0.2) is 18.8 Å². The fourth-order valence-electron chi connectivity index (χ4n) is 1.64. The van der Waals surface area contributed by atoms with Gasteiger partial charge in [0.25, 0.3) is 0 Å². The number of hydrogen-bond donors (Lipinski definition) is 1. The van der Waals surface area contributed by atoms with E-state index in [0.29, 0.717) is 12.0 Å². The molecule has 0 aliphatic rings. The summed E-state index contributed by atoms with van der Waals surface area (Å²) in [5.74, 6) is -0.414. The molecule has 0 amide bonds. The molecule has 2 N–H and O–H groups in total. The predicted octanol–water partition coefficient (Wildman–Crippen LogP) is 3.57. The van der Waals surface area contributed by atoms with Gasteiger partial charge >= 0.3 is 6.18 Å². The van der Waals surface area contributed by atoms with Crippen molar-refractivity contribution >= 4 is 0 Å². The molecule has 6 heteroatoms. The molecule has 1 aromatic rings. The van der Waals surface area contributed by atoms with Crippen molar-refractivity contribution in [2.45, 2.75) is 38.1 Å². The zero-order valence-electron chi connectivity index (χ0n) is 10.6. The van der Waals surface area contributed by atoms with Crippen molar-refractivity contribution in [2.75, 3.05) is 6.61 Å². The minimum atomic E-state index is -4.26. The Balaban J connectivity index is 2.70. The minimum Gasteiger partial charge on any atom is -0.372 e. The van der Waals surface area contributed by atoms with E-state index in [1.54, 1.807) is 0 Å². The van der Waals surface area contributed by atoms with Crippen molar-refractivity contribution < 1.29 is 22.3 Å². The van der Waals surface area contributed by atoms with Gasteiger partial charge in [0.1, 0.15) is 5.82 Å². The molecule has 1 rings (SSSR count). The maximum Gasteiger partial charge on any atom is 0.391 e. The van der Waals surface area contributed by atoms with Gasteiger partial charge in [0.2, 0.25) is 0 Å². The van der Waals surface area contributed by atoms with Gasteiger partial charge < -0.3 is 10.5 Å². The molecule has 0 heterocycles. The minimum absolute atomic E-state index is 0.414. The lowest BCUT2D eigenvalue weighted by Crippen LogP contribution is -2.30. The summed E-state index contributed by atoms with van der Waals surface area (Å²) in [5.41, 5.74) is 6.42. The van der Waals surface area contributed by atoms with Crippen molar-refractivity contribution in [3.8, 4) is 0 Å². The molecule has 0 bridgehead atoms. The van der Waals surface area contributed by atoms with Gasteiger partial charge in [0, 0.05) is 6.04 Å². The highest BCUT2D eigenvalue weighted by atomic mass is 19.4. The van der Waals surface area contributed by atoms with Crippen LogP contribution in [0.2, 0.25) is 0 Å². The van der Waals surface area contributed by atoms with Crippen LogP contribution in [0.3, 0.4) is 0 Å². The second-order valence-corrected chi connectivity index (χ2v) is 4.28. The summed E-state index contributed by atoms with van der Waals surface area (Å²) >= 11 is 0. The van der Waals surface area contributed by atoms with Crippen LogP contribution in [0, 0.1) is 5.82 Å². The van der Waals surface area contributed by atoms with Crippen LogP contribution in [0.1, 0.15) is 31.4 Å². The van der Waals surface area contributed by atoms with Crippen molar-refractivity contribution in [1.29, 1.82) is 0 Å². The first kappa shape index (κ1) is 15.9. The Kier molecular flexibility index (Phi) is 5.75. The molecule has 2 unspecified atom stereocenters. The topological polar surface area (TPSA) is 35.2 Å². The lowest BCUT2D eigenvalue weighted by Gasteiger charge is -2.24. The van der Waals surface area contributed by atoms with E-state index in [1.807, 2.05) is 6.92 Å². The van der Waals surface area contributed by atoms with Crippen LogP contribution in [0.25, 0.3) is 0 Å². The van der Waals surface area contributed by atoms with Crippen LogP contribution in [-0.2, 0) is 4.74 Å². The summed E-state index contributed by atoms with van der Waals surface area (Å²) in [6.07, 6.45) is -5.40. The summed E-state index contributed by atoms with van der Waals surface area (Å²) in [5, 5.41) is 0. The summed E-state index contributed by atoms with van der Waals surface area (Å²) < 4.78 is 54.3. The van der Waals surface area contributed by atoms with Gasteiger partial charge in [-0.25, -0.2) is 4.39 Å². The quantitative estimate of drug-likeness (QED) is 0.808. The monoisotopic (exact) mass is 279 g/mol. The number of rotatable bonds is 6. The molecular weight excluding hydrogens is 262 g/mol. The Morgan fingerprint density at radius 3 is 2.26 bits per heavy atom. The summed E-state index contributed by atoms with van der Waals surface area (Å²) in [6, 6.07) is 4.99. The van der Waals surface area contributed by atoms with E-state index in [0.717, 1.165) is 0 Å². The van der Waals surface area contributed by atoms with Crippen LogP contribution < -0.4 is 5.73 Å². The van der Waals surface area contributed by atoms with E-state index in [1.165, 1.54) is 24.3 Å². The van der Waals surface area contributed by atoms with Gasteiger partial charge in [-0.15, -0.1) is 0 Å². The average Bonchev–Trinajstić information content (AvgIpc) is 2.34. The van der Waals surface area contributed by atoms with Gasteiger partial charge in [-0.1, -0.05) is 19.1 Å². The molecule has 2 atom stereocenters. The Bertz CT molecular complexity index is 377. The van der Waals surface area contributed by atoms with Gasteiger partial charge in [0.05, 0.1) is 19.1 Å². The molecule has 0 saturated carbocycles. The molecule has 108 valence electrons. The van der Waals surface area contributed by atoms with E-state index in [2.05, 4.69) is 0 Å². The molecule has 0 aliphatic carbocycles. The van der Waals surface area contributed by atoms with Gasteiger partial charge in [0.15, 0.2) is 0 Å². The molecule has 0 saturated heterocycles. The van der Waals surface area contributed by atoms with E-state index >= 15 is 0 Å². The largest absolute Gasteiger partial charge is 0.391 e. The van der Waals surface area contributed by atoms with Crippen molar-refractivity contribution in [2.24, 2.45) is 5.73 Å². The first-order valence-electron chi connectivity index (χ1n) is 6.03. The first-order chi connectivity index (χ1) is 8.83. The summed E-state index contributed by atoms with van der Waals surface area (Å²) in [4.78, 5) is 0. The lowest BCUT2D eigenvalue weighted by atomic mass is 10.0. The summed E-state index contributed by atoms with van der Waals surface area (Å²) in [6.45, 7) is 1.35. The van der Waals surface area contributed by atoms with E-state index in [9.17, 15) is 17.6 Å². The molecule has 0 spiro atoms. The van der Waals surface area contributed by atoms with E-state index in [-0.39, 0.29) is 0 Å². The Morgan fingerprint density at radius 1 is 1.21 bits per heavy atom. The average molecular weight is 279 g/mol. The number of nitrogens with two attached hydrogens (primary N) is 1. The number of hydrogen-bond acceptors (Lipinski definition) is 2. The Hall–Kier alpha value is -1.14. The van der Waals surface area contributed by atoms with Gasteiger partial charge in [-0.3, -0.25) is 0 Å². The Morgan fingerprint density at radius 2 is 1.79 bits per heavy atom. The normalized spacial score (nSPS) is 15.3. The number of alkyl halides is 3. The predicted molar refractivity (Wildman–Crippen MR) is 64.0 cm³/mol. The maximum atomic E-state index is 12.8. The second-order valence-electron chi connectivity index (χ2n) is 4.28. The highest BCUT2D eigenvalue weighted by molar-refractivity contribution is 5.20. The highest BCUT2D eigenvalue weighted by Gasteiger charge is 2.28. The Labute approximate surface area is 109 Å². The van der Waals surface area contributed by atoms with Crippen LogP contribution in [0.15, 0.2) is 24.3 Å². The molecule has 0 radical (unpaired) electrons. The second kappa shape index (κ2) is 6.86. The van der Waals surface area contributed by atoms with Crippen LogP contribution in [0.5, 0.6) is 0 Å². The van der Waals surface area contributed by atoms with E-state index in [4.69, 9.17) is 10.5 Å². The maximum absolute atomic E-state index is 12.8. The summed E-state index contributed by atoms with van der Waals surface area (Å²) in [7, 11) is 0. The molecular formula is C13H17F4NO. The molecule has 1 aromatic carbocycles. The first-order valence-corrected chi connectivity index (χ1v) is 6.03. The smallest absolute Gasteiger partial charge is 0.372 e. The SMILES string of the molecule is CCC(N)C(OCCC(F)(F)F)c1ccc(F)cc1. The molecule has 19 heavy (non-hydrogen) atoms. The molecule has 2 nitrogen and oxygen atoms in total.